The van der Waals surface area contributed by atoms with E-state index in [4.69, 9.17) is 4.74 Å². The highest BCUT2D eigenvalue weighted by molar-refractivity contribution is 7.10. The van der Waals surface area contributed by atoms with Gasteiger partial charge in [0.05, 0.1) is 5.56 Å². The molecule has 1 aliphatic heterocycles. The Kier molecular flexibility index (Phi) is 4.00. The lowest BCUT2D eigenvalue weighted by Crippen LogP contribution is -2.38. The molecule has 1 amide bonds. The molecule has 1 N–H and O–H groups in total. The quantitative estimate of drug-likeness (QED) is 0.792. The van der Waals surface area contributed by atoms with Gasteiger partial charge < -0.3 is 9.64 Å². The number of nitrogens with one attached hydrogen (secondary N) is 1. The maximum Gasteiger partial charge on any atom is 0.260 e. The van der Waals surface area contributed by atoms with Crippen LogP contribution in [0.4, 0.5) is 0 Å². The SMILES string of the molecule is O=C(COc1ccccc1-c1ncn[nH]1)N1CCc2sccc2C1. The van der Waals surface area contributed by atoms with Gasteiger partial charge in [-0.25, -0.2) is 4.98 Å². The van der Waals surface area contributed by atoms with Crippen molar-refractivity contribution in [2.45, 2.75) is 13.0 Å². The van der Waals surface area contributed by atoms with Crippen molar-refractivity contribution in [1.29, 1.82) is 0 Å². The highest BCUT2D eigenvalue weighted by atomic mass is 32.1. The van der Waals surface area contributed by atoms with Crippen LogP contribution in [0.2, 0.25) is 0 Å². The third-order valence-corrected chi connectivity index (χ3v) is 5.09. The van der Waals surface area contributed by atoms with E-state index in [1.54, 1.807) is 11.3 Å². The zero-order valence-electron chi connectivity index (χ0n) is 12.9. The van der Waals surface area contributed by atoms with Crippen LogP contribution in [-0.2, 0) is 17.8 Å². The summed E-state index contributed by atoms with van der Waals surface area (Å²) in [6.07, 6.45) is 2.37. The van der Waals surface area contributed by atoms with Gasteiger partial charge in [-0.3, -0.25) is 9.89 Å². The first-order chi connectivity index (χ1) is 11.8. The molecule has 0 fully saturated rings. The van der Waals surface area contributed by atoms with Crippen LogP contribution in [0, 0.1) is 0 Å². The maximum absolute atomic E-state index is 12.5. The molecular weight excluding hydrogens is 324 g/mol. The lowest BCUT2D eigenvalue weighted by atomic mass is 10.1. The minimum atomic E-state index is -0.000719. The van der Waals surface area contributed by atoms with E-state index in [9.17, 15) is 4.79 Å². The molecule has 3 aromatic rings. The van der Waals surface area contributed by atoms with Crippen molar-refractivity contribution >= 4 is 17.2 Å². The maximum atomic E-state index is 12.5. The number of nitrogens with zero attached hydrogens (tertiary/aromatic N) is 3. The lowest BCUT2D eigenvalue weighted by molar-refractivity contribution is -0.134. The summed E-state index contributed by atoms with van der Waals surface area (Å²) in [5, 5.41) is 8.76. The number of aromatic amines is 1. The number of hydrogen-bond donors (Lipinski definition) is 1. The monoisotopic (exact) mass is 340 g/mol. The van der Waals surface area contributed by atoms with E-state index < -0.39 is 0 Å². The van der Waals surface area contributed by atoms with E-state index in [2.05, 4.69) is 26.6 Å². The summed E-state index contributed by atoms with van der Waals surface area (Å²) >= 11 is 1.76. The van der Waals surface area contributed by atoms with E-state index in [0.717, 1.165) is 18.5 Å². The highest BCUT2D eigenvalue weighted by Gasteiger charge is 2.22. The first kappa shape index (κ1) is 14.9. The number of aromatic nitrogens is 3. The second-order valence-corrected chi connectivity index (χ2v) is 6.55. The van der Waals surface area contributed by atoms with Crippen molar-refractivity contribution < 1.29 is 9.53 Å². The van der Waals surface area contributed by atoms with Crippen molar-refractivity contribution in [2.75, 3.05) is 13.2 Å². The molecule has 3 heterocycles. The van der Waals surface area contributed by atoms with Crippen LogP contribution in [-0.4, -0.2) is 39.1 Å². The molecule has 0 spiro atoms. The largest absolute Gasteiger partial charge is 0.483 e. The third-order valence-electron chi connectivity index (χ3n) is 4.07. The van der Waals surface area contributed by atoms with Gasteiger partial charge in [0.15, 0.2) is 12.4 Å². The highest BCUT2D eigenvalue weighted by Crippen LogP contribution is 2.27. The molecule has 0 unspecified atom stereocenters. The number of hydrogen-bond acceptors (Lipinski definition) is 5. The Balaban J connectivity index is 1.44. The van der Waals surface area contributed by atoms with Gasteiger partial charge in [0, 0.05) is 18.0 Å². The summed E-state index contributed by atoms with van der Waals surface area (Å²) < 4.78 is 5.77. The minimum absolute atomic E-state index is 0.000719. The Morgan fingerprint density at radius 2 is 2.25 bits per heavy atom. The van der Waals surface area contributed by atoms with Gasteiger partial charge in [0.25, 0.3) is 5.91 Å². The predicted octanol–water partition coefficient (Wildman–Crippen LogP) is 2.50. The van der Waals surface area contributed by atoms with Crippen molar-refractivity contribution in [3.63, 3.8) is 0 Å². The van der Waals surface area contributed by atoms with E-state index in [-0.39, 0.29) is 12.5 Å². The zero-order valence-corrected chi connectivity index (χ0v) is 13.8. The van der Waals surface area contributed by atoms with Gasteiger partial charge in [0.2, 0.25) is 0 Å². The Hall–Kier alpha value is -2.67. The molecule has 1 aromatic carbocycles. The topological polar surface area (TPSA) is 71.1 Å². The van der Waals surface area contributed by atoms with Crippen LogP contribution in [0.15, 0.2) is 42.0 Å². The molecule has 6 nitrogen and oxygen atoms in total. The molecule has 122 valence electrons. The molecule has 0 saturated heterocycles. The number of ether oxygens (including phenoxy) is 1. The van der Waals surface area contributed by atoms with Crippen LogP contribution >= 0.6 is 11.3 Å². The second kappa shape index (κ2) is 6.45. The van der Waals surface area contributed by atoms with Crippen molar-refractivity contribution in [1.82, 2.24) is 20.1 Å². The first-order valence-corrected chi connectivity index (χ1v) is 8.60. The fourth-order valence-corrected chi connectivity index (χ4v) is 3.71. The van der Waals surface area contributed by atoms with Crippen molar-refractivity contribution in [3.8, 4) is 17.1 Å². The zero-order chi connectivity index (χ0) is 16.4. The number of H-pyrrole nitrogens is 1. The molecule has 7 heteroatoms. The Morgan fingerprint density at radius 1 is 1.33 bits per heavy atom. The fourth-order valence-electron chi connectivity index (χ4n) is 2.82. The molecule has 0 bridgehead atoms. The van der Waals surface area contributed by atoms with E-state index in [1.165, 1.54) is 16.8 Å². The number of amides is 1. The number of carbonyl (C=O) groups is 1. The van der Waals surface area contributed by atoms with Crippen LogP contribution in [0.25, 0.3) is 11.4 Å². The predicted molar refractivity (Wildman–Crippen MR) is 90.8 cm³/mol. The molecule has 1 aliphatic rings. The van der Waals surface area contributed by atoms with Crippen LogP contribution in [0.5, 0.6) is 5.75 Å². The number of benzene rings is 1. The number of thiophene rings is 1. The van der Waals surface area contributed by atoms with Gasteiger partial charge in [0.1, 0.15) is 12.1 Å². The summed E-state index contributed by atoms with van der Waals surface area (Å²) in [4.78, 5) is 19.8. The Morgan fingerprint density at radius 3 is 3.12 bits per heavy atom. The van der Waals surface area contributed by atoms with Crippen LogP contribution in [0.3, 0.4) is 0 Å². The smallest absolute Gasteiger partial charge is 0.260 e. The summed E-state index contributed by atoms with van der Waals surface area (Å²) in [6, 6.07) is 9.59. The van der Waals surface area contributed by atoms with E-state index in [1.807, 2.05) is 29.2 Å². The number of fused-ring (bicyclic) bond motifs is 1. The Bertz CT molecular complexity index is 844. The Labute approximate surface area is 143 Å². The summed E-state index contributed by atoms with van der Waals surface area (Å²) in [7, 11) is 0. The first-order valence-electron chi connectivity index (χ1n) is 7.72. The standard InChI is InChI=1S/C17H16N4O2S/c22-16(21-7-5-15-12(9-21)6-8-24-15)10-23-14-4-2-1-3-13(14)17-18-11-19-20-17/h1-4,6,8,11H,5,7,9-10H2,(H,18,19,20). The van der Waals surface area contributed by atoms with Gasteiger partial charge in [-0.2, -0.15) is 5.10 Å². The van der Waals surface area contributed by atoms with Gasteiger partial charge in [-0.1, -0.05) is 12.1 Å². The number of rotatable bonds is 4. The summed E-state index contributed by atoms with van der Waals surface area (Å²) in [5.41, 5.74) is 2.04. The van der Waals surface area contributed by atoms with E-state index in [0.29, 0.717) is 18.1 Å². The normalized spacial score (nSPS) is 13.6. The average Bonchev–Trinajstić information content (AvgIpc) is 3.30. The molecule has 0 aliphatic carbocycles. The fraction of sp³-hybridized carbons (Fsp3) is 0.235. The van der Waals surface area contributed by atoms with Crippen molar-refractivity contribution in [2.24, 2.45) is 0 Å². The third kappa shape index (κ3) is 2.90. The molecule has 2 aromatic heterocycles. The molecule has 0 radical (unpaired) electrons. The van der Waals surface area contributed by atoms with Gasteiger partial charge in [-0.15, -0.1) is 11.3 Å². The molecule has 0 saturated carbocycles. The minimum Gasteiger partial charge on any atom is -0.483 e. The number of para-hydroxylation sites is 1. The molecule has 0 atom stereocenters. The molecule has 24 heavy (non-hydrogen) atoms. The van der Waals surface area contributed by atoms with Crippen molar-refractivity contribution in [3.05, 3.63) is 52.5 Å². The molecule has 4 rings (SSSR count). The molecular formula is C17H16N4O2S. The average molecular weight is 340 g/mol. The van der Waals surface area contributed by atoms with Gasteiger partial charge >= 0.3 is 0 Å². The second-order valence-electron chi connectivity index (χ2n) is 5.55. The lowest BCUT2D eigenvalue weighted by Gasteiger charge is -2.27. The van der Waals surface area contributed by atoms with E-state index >= 15 is 0 Å². The number of carbonyl (C=O) groups excluding carboxylic acids is 1. The van der Waals surface area contributed by atoms with Crippen LogP contribution in [0.1, 0.15) is 10.4 Å². The van der Waals surface area contributed by atoms with Crippen LogP contribution < -0.4 is 4.74 Å². The summed E-state index contributed by atoms with van der Waals surface area (Å²) in [6.45, 7) is 1.44. The summed E-state index contributed by atoms with van der Waals surface area (Å²) in [5.74, 6) is 1.24. The van der Waals surface area contributed by atoms with Gasteiger partial charge in [-0.05, 0) is 35.6 Å².